The van der Waals surface area contributed by atoms with Gasteiger partial charge in [-0.25, -0.2) is 4.98 Å². The number of aromatic nitrogens is 1. The van der Waals surface area contributed by atoms with Gasteiger partial charge in [0, 0.05) is 9.77 Å². The van der Waals surface area contributed by atoms with E-state index in [4.69, 9.17) is 5.26 Å². The standard InChI is InChI=1S/C9H3F6IN2O/c10-8(11,12)5-6(16)4(1-2-17)3-18-7(5)19-9(13,14)15/h3H,1H2. The SMILES string of the molecule is N#CCc1cnc(OC(F)(F)F)c(C(F)(F)F)c1I. The van der Waals surface area contributed by atoms with Crippen LogP contribution in [0.2, 0.25) is 0 Å². The second kappa shape index (κ2) is 5.40. The smallest absolute Gasteiger partial charge is 0.387 e. The predicted octanol–water partition coefficient (Wildman–Crippen LogP) is 3.67. The Balaban J connectivity index is 3.41. The summed E-state index contributed by atoms with van der Waals surface area (Å²) < 4.78 is 76.9. The molecule has 0 aromatic carbocycles. The topological polar surface area (TPSA) is 45.9 Å². The molecule has 19 heavy (non-hydrogen) atoms. The summed E-state index contributed by atoms with van der Waals surface area (Å²) >= 11 is 1.21. The first kappa shape index (κ1) is 15.8. The first-order valence-electron chi connectivity index (χ1n) is 4.43. The molecule has 0 bridgehead atoms. The van der Waals surface area contributed by atoms with E-state index in [9.17, 15) is 26.3 Å². The van der Waals surface area contributed by atoms with Gasteiger partial charge in [0.05, 0.1) is 12.5 Å². The van der Waals surface area contributed by atoms with Crippen LogP contribution in [0.25, 0.3) is 0 Å². The molecule has 1 aromatic heterocycles. The van der Waals surface area contributed by atoms with Crippen LogP contribution in [0.15, 0.2) is 6.20 Å². The van der Waals surface area contributed by atoms with Crippen molar-refractivity contribution in [1.82, 2.24) is 4.98 Å². The van der Waals surface area contributed by atoms with Gasteiger partial charge in [-0.05, 0) is 28.2 Å². The van der Waals surface area contributed by atoms with Crippen molar-refractivity contribution in [3.63, 3.8) is 0 Å². The Kier molecular flexibility index (Phi) is 4.49. The van der Waals surface area contributed by atoms with Crippen LogP contribution in [0.1, 0.15) is 11.1 Å². The lowest BCUT2D eigenvalue weighted by molar-refractivity contribution is -0.278. The summed E-state index contributed by atoms with van der Waals surface area (Å²) in [4.78, 5) is 2.99. The van der Waals surface area contributed by atoms with Crippen LogP contribution < -0.4 is 4.74 Å². The molecule has 0 aliphatic rings. The van der Waals surface area contributed by atoms with Crippen LogP contribution in [-0.4, -0.2) is 11.3 Å². The maximum Gasteiger partial charge on any atom is 0.574 e. The third-order valence-corrected chi connectivity index (χ3v) is 3.05. The van der Waals surface area contributed by atoms with E-state index in [1.165, 1.54) is 22.6 Å². The van der Waals surface area contributed by atoms with E-state index >= 15 is 0 Å². The molecule has 1 rings (SSSR count). The summed E-state index contributed by atoms with van der Waals surface area (Å²) in [5, 5.41) is 8.42. The summed E-state index contributed by atoms with van der Waals surface area (Å²) in [5.41, 5.74) is -1.76. The molecule has 1 heterocycles. The Morgan fingerprint density at radius 1 is 1.26 bits per heavy atom. The maximum absolute atomic E-state index is 12.7. The van der Waals surface area contributed by atoms with Crippen molar-refractivity contribution in [2.45, 2.75) is 19.0 Å². The lowest BCUT2D eigenvalue weighted by Crippen LogP contribution is -2.22. The van der Waals surface area contributed by atoms with E-state index < -0.39 is 34.0 Å². The summed E-state index contributed by atoms with van der Waals surface area (Å²) in [6.45, 7) is 0. The van der Waals surface area contributed by atoms with Crippen LogP contribution in [0.4, 0.5) is 26.3 Å². The molecule has 0 saturated heterocycles. The van der Waals surface area contributed by atoms with E-state index in [2.05, 4.69) is 9.72 Å². The molecule has 104 valence electrons. The predicted molar refractivity (Wildman–Crippen MR) is 58.0 cm³/mol. The van der Waals surface area contributed by atoms with Crippen molar-refractivity contribution in [1.29, 1.82) is 5.26 Å². The molecule has 10 heteroatoms. The lowest BCUT2D eigenvalue weighted by Gasteiger charge is -2.16. The average Bonchev–Trinajstić information content (AvgIpc) is 2.18. The van der Waals surface area contributed by atoms with Crippen molar-refractivity contribution in [2.75, 3.05) is 0 Å². The molecule has 0 aliphatic heterocycles. The van der Waals surface area contributed by atoms with Gasteiger partial charge < -0.3 is 4.74 Å². The number of rotatable bonds is 2. The fourth-order valence-electron chi connectivity index (χ4n) is 1.15. The van der Waals surface area contributed by atoms with Gasteiger partial charge in [-0.3, -0.25) is 0 Å². The molecule has 0 N–H and O–H groups in total. The van der Waals surface area contributed by atoms with Gasteiger partial charge in [0.25, 0.3) is 0 Å². The highest BCUT2D eigenvalue weighted by molar-refractivity contribution is 14.1. The molecule has 3 nitrogen and oxygen atoms in total. The minimum absolute atomic E-state index is 0.120. The van der Waals surface area contributed by atoms with Crippen LogP contribution in [0.3, 0.4) is 0 Å². The van der Waals surface area contributed by atoms with Crippen molar-refractivity contribution in [3.8, 4) is 11.9 Å². The number of pyridine rings is 1. The molecule has 0 radical (unpaired) electrons. The number of halogens is 7. The van der Waals surface area contributed by atoms with Gasteiger partial charge in [0.1, 0.15) is 5.56 Å². The minimum Gasteiger partial charge on any atom is -0.387 e. The first-order chi connectivity index (χ1) is 8.56. The number of hydrogen-bond donors (Lipinski definition) is 0. The van der Waals surface area contributed by atoms with E-state index in [-0.39, 0.29) is 5.56 Å². The van der Waals surface area contributed by atoms with E-state index in [1.807, 2.05) is 0 Å². The third kappa shape index (κ3) is 4.12. The van der Waals surface area contributed by atoms with Crippen molar-refractivity contribution in [2.24, 2.45) is 0 Å². The number of alkyl halides is 6. The van der Waals surface area contributed by atoms with E-state index in [1.54, 1.807) is 6.07 Å². The summed E-state index contributed by atoms with van der Waals surface area (Å²) in [7, 11) is 0. The van der Waals surface area contributed by atoms with Crippen molar-refractivity contribution >= 4 is 22.6 Å². The number of ether oxygens (including phenoxy) is 1. The van der Waals surface area contributed by atoms with Crippen molar-refractivity contribution in [3.05, 3.63) is 20.9 Å². The molecule has 0 aliphatic carbocycles. The van der Waals surface area contributed by atoms with E-state index in [0.29, 0.717) is 0 Å². The number of hydrogen-bond acceptors (Lipinski definition) is 3. The van der Waals surface area contributed by atoms with Crippen LogP contribution in [0.5, 0.6) is 5.88 Å². The van der Waals surface area contributed by atoms with Gasteiger partial charge in [-0.2, -0.15) is 18.4 Å². The quantitative estimate of drug-likeness (QED) is 0.567. The fraction of sp³-hybridized carbons (Fsp3) is 0.333. The molecular formula is C9H3F6IN2O. The molecule has 1 aromatic rings. The minimum atomic E-state index is -5.28. The normalized spacial score (nSPS) is 12.1. The summed E-state index contributed by atoms with van der Waals surface area (Å²) in [6, 6.07) is 1.60. The lowest BCUT2D eigenvalue weighted by atomic mass is 10.1. The maximum atomic E-state index is 12.7. The average molecular weight is 396 g/mol. The van der Waals surface area contributed by atoms with Gasteiger partial charge in [0.2, 0.25) is 5.88 Å². The largest absolute Gasteiger partial charge is 0.574 e. The monoisotopic (exact) mass is 396 g/mol. The zero-order chi connectivity index (χ0) is 14.8. The fourth-order valence-corrected chi connectivity index (χ4v) is 2.02. The Bertz CT molecular complexity index is 519. The highest BCUT2D eigenvalue weighted by atomic mass is 127. The van der Waals surface area contributed by atoms with Gasteiger partial charge in [-0.1, -0.05) is 0 Å². The zero-order valence-corrected chi connectivity index (χ0v) is 10.9. The van der Waals surface area contributed by atoms with Crippen LogP contribution >= 0.6 is 22.6 Å². The van der Waals surface area contributed by atoms with Crippen molar-refractivity contribution < 1.29 is 31.1 Å². The Morgan fingerprint density at radius 3 is 2.26 bits per heavy atom. The molecule has 0 amide bonds. The van der Waals surface area contributed by atoms with Gasteiger partial charge in [0.15, 0.2) is 0 Å². The van der Waals surface area contributed by atoms with Gasteiger partial charge in [-0.15, -0.1) is 13.2 Å². The second-order valence-electron chi connectivity index (χ2n) is 3.16. The van der Waals surface area contributed by atoms with Crippen LogP contribution in [-0.2, 0) is 12.6 Å². The third-order valence-electron chi connectivity index (χ3n) is 1.82. The Morgan fingerprint density at radius 2 is 1.84 bits per heavy atom. The molecule has 0 atom stereocenters. The number of nitriles is 1. The second-order valence-corrected chi connectivity index (χ2v) is 4.24. The Hall–Kier alpha value is -1.25. The highest BCUT2D eigenvalue weighted by Gasteiger charge is 2.42. The number of nitrogens with zero attached hydrogens (tertiary/aromatic N) is 2. The summed E-state index contributed by atoms with van der Waals surface area (Å²) in [5.74, 6) is -1.58. The van der Waals surface area contributed by atoms with E-state index in [0.717, 1.165) is 6.20 Å². The van der Waals surface area contributed by atoms with Crippen LogP contribution in [0, 0.1) is 14.9 Å². The molecule has 0 unspecified atom stereocenters. The molecule has 0 saturated carbocycles. The Labute approximate surface area is 116 Å². The zero-order valence-electron chi connectivity index (χ0n) is 8.73. The molecular weight excluding hydrogens is 393 g/mol. The first-order valence-corrected chi connectivity index (χ1v) is 5.51. The molecule has 0 fully saturated rings. The van der Waals surface area contributed by atoms with Gasteiger partial charge >= 0.3 is 12.5 Å². The summed E-state index contributed by atoms with van der Waals surface area (Å²) in [6.07, 6.45) is -10.0. The molecule has 0 spiro atoms. The highest BCUT2D eigenvalue weighted by Crippen LogP contribution is 2.41.